The van der Waals surface area contributed by atoms with Crippen LogP contribution in [0.15, 0.2) is 54.2 Å². The van der Waals surface area contributed by atoms with Gasteiger partial charge in [0.05, 0.1) is 0 Å². The second-order valence-electron chi connectivity index (χ2n) is 3.64. The summed E-state index contributed by atoms with van der Waals surface area (Å²) in [6.45, 7) is 0. The summed E-state index contributed by atoms with van der Waals surface area (Å²) < 4.78 is 5.74. The molecule has 0 spiro atoms. The van der Waals surface area contributed by atoms with Gasteiger partial charge < -0.3 is 10.1 Å². The first-order chi connectivity index (χ1) is 9.42. The van der Waals surface area contributed by atoms with E-state index in [0.29, 0.717) is 11.0 Å². The maximum atomic E-state index is 5.74. The molecule has 3 aromatic rings. The number of aromatic nitrogens is 3. The number of nitrogens with one attached hydrogen (secondary N) is 1. The zero-order valence-corrected chi connectivity index (χ0v) is 10.7. The van der Waals surface area contributed by atoms with Gasteiger partial charge in [0.1, 0.15) is 16.9 Å². The molecule has 0 aliphatic rings. The van der Waals surface area contributed by atoms with Crippen molar-refractivity contribution in [3.05, 3.63) is 54.2 Å². The summed E-state index contributed by atoms with van der Waals surface area (Å²) in [5.74, 6) is 1.24. The van der Waals surface area contributed by atoms with E-state index in [9.17, 15) is 0 Å². The van der Waals surface area contributed by atoms with Crippen LogP contribution in [0.25, 0.3) is 0 Å². The van der Waals surface area contributed by atoms with Gasteiger partial charge in [0.15, 0.2) is 0 Å². The van der Waals surface area contributed by atoms with Crippen molar-refractivity contribution in [3.8, 4) is 11.6 Å². The minimum atomic E-state index is 0.504. The standard InChI is InChI=1S/C13H10N4OS/c1-2-5-10(6-3-1)18-12-11(7-4-8-14-12)16-13-17-15-9-19-13/h1-9H,(H,16,17). The SMILES string of the molecule is c1ccc(Oc2ncccc2Nc2nncs2)cc1. The second kappa shape index (κ2) is 5.45. The Kier molecular flexibility index (Phi) is 3.33. The maximum Gasteiger partial charge on any atom is 0.243 e. The topological polar surface area (TPSA) is 59.9 Å². The van der Waals surface area contributed by atoms with E-state index in [1.54, 1.807) is 11.7 Å². The summed E-state index contributed by atoms with van der Waals surface area (Å²) in [4.78, 5) is 4.23. The van der Waals surface area contributed by atoms with E-state index in [2.05, 4.69) is 20.5 Å². The Morgan fingerprint density at radius 1 is 1.05 bits per heavy atom. The number of rotatable bonds is 4. The van der Waals surface area contributed by atoms with Gasteiger partial charge in [-0.25, -0.2) is 4.98 Å². The molecule has 0 atom stereocenters. The highest BCUT2D eigenvalue weighted by atomic mass is 32.1. The average molecular weight is 270 g/mol. The van der Waals surface area contributed by atoms with E-state index in [4.69, 9.17) is 4.74 Å². The van der Waals surface area contributed by atoms with Crippen LogP contribution >= 0.6 is 11.3 Å². The highest BCUT2D eigenvalue weighted by molar-refractivity contribution is 7.13. The number of anilines is 2. The van der Waals surface area contributed by atoms with Gasteiger partial charge in [-0.05, 0) is 24.3 Å². The lowest BCUT2D eigenvalue weighted by atomic mass is 10.3. The largest absolute Gasteiger partial charge is 0.437 e. The molecule has 0 amide bonds. The first-order valence-corrected chi connectivity index (χ1v) is 6.51. The second-order valence-corrected chi connectivity index (χ2v) is 4.47. The number of para-hydroxylation sites is 1. The Bertz CT molecular complexity index is 643. The third kappa shape index (κ3) is 2.86. The highest BCUT2D eigenvalue weighted by Gasteiger charge is 2.07. The van der Waals surface area contributed by atoms with E-state index in [-0.39, 0.29) is 0 Å². The fourth-order valence-electron chi connectivity index (χ4n) is 1.51. The molecule has 0 fully saturated rings. The van der Waals surface area contributed by atoms with Crippen molar-refractivity contribution in [2.45, 2.75) is 0 Å². The number of nitrogens with zero attached hydrogens (tertiary/aromatic N) is 3. The molecule has 1 aromatic carbocycles. The molecule has 0 radical (unpaired) electrons. The number of pyridine rings is 1. The minimum Gasteiger partial charge on any atom is -0.437 e. The van der Waals surface area contributed by atoms with Crippen LogP contribution in [0.1, 0.15) is 0 Å². The molecule has 0 unspecified atom stereocenters. The van der Waals surface area contributed by atoms with Crippen LogP contribution in [0.5, 0.6) is 11.6 Å². The van der Waals surface area contributed by atoms with Crippen LogP contribution in [0.4, 0.5) is 10.8 Å². The zero-order chi connectivity index (χ0) is 12.9. The molecular formula is C13H10N4OS. The van der Waals surface area contributed by atoms with Crippen LogP contribution in [0.2, 0.25) is 0 Å². The maximum absolute atomic E-state index is 5.74. The van der Waals surface area contributed by atoms with Gasteiger partial charge >= 0.3 is 0 Å². The third-order valence-corrected chi connectivity index (χ3v) is 2.94. The molecule has 94 valence electrons. The van der Waals surface area contributed by atoms with E-state index in [1.165, 1.54) is 11.3 Å². The van der Waals surface area contributed by atoms with Crippen LogP contribution in [0.3, 0.4) is 0 Å². The summed E-state index contributed by atoms with van der Waals surface area (Å²) in [5.41, 5.74) is 2.42. The van der Waals surface area contributed by atoms with Gasteiger partial charge in [0, 0.05) is 6.20 Å². The molecule has 19 heavy (non-hydrogen) atoms. The Morgan fingerprint density at radius 3 is 2.74 bits per heavy atom. The monoisotopic (exact) mass is 270 g/mol. The Labute approximate surface area is 113 Å². The number of hydrogen-bond donors (Lipinski definition) is 1. The van der Waals surface area contributed by atoms with Gasteiger partial charge in [-0.1, -0.05) is 29.5 Å². The molecule has 0 bridgehead atoms. The van der Waals surface area contributed by atoms with Crippen molar-refractivity contribution >= 4 is 22.2 Å². The van der Waals surface area contributed by atoms with Crippen molar-refractivity contribution < 1.29 is 4.74 Å². The minimum absolute atomic E-state index is 0.504. The molecule has 0 saturated carbocycles. The van der Waals surface area contributed by atoms with E-state index < -0.39 is 0 Å². The quantitative estimate of drug-likeness (QED) is 0.786. The lowest BCUT2D eigenvalue weighted by Gasteiger charge is -2.09. The number of ether oxygens (including phenoxy) is 1. The van der Waals surface area contributed by atoms with E-state index in [0.717, 1.165) is 11.4 Å². The fourth-order valence-corrected chi connectivity index (χ4v) is 1.97. The van der Waals surface area contributed by atoms with Crippen molar-refractivity contribution in [1.29, 1.82) is 0 Å². The predicted octanol–water partition coefficient (Wildman–Crippen LogP) is 3.47. The summed E-state index contributed by atoms with van der Waals surface area (Å²) in [6.07, 6.45) is 1.68. The van der Waals surface area contributed by atoms with Crippen LogP contribution in [-0.2, 0) is 0 Å². The van der Waals surface area contributed by atoms with Crippen LogP contribution in [-0.4, -0.2) is 15.2 Å². The van der Waals surface area contributed by atoms with Crippen molar-refractivity contribution in [3.63, 3.8) is 0 Å². The number of hydrogen-bond acceptors (Lipinski definition) is 6. The van der Waals surface area contributed by atoms with Gasteiger partial charge in [-0.15, -0.1) is 10.2 Å². The molecule has 3 rings (SSSR count). The van der Waals surface area contributed by atoms with Gasteiger partial charge in [-0.3, -0.25) is 0 Å². The summed E-state index contributed by atoms with van der Waals surface area (Å²) in [6, 6.07) is 13.2. The fraction of sp³-hybridized carbons (Fsp3) is 0. The average Bonchev–Trinajstić information content (AvgIpc) is 2.95. The molecule has 2 aromatic heterocycles. The Balaban J connectivity index is 1.85. The Hall–Kier alpha value is -2.47. The van der Waals surface area contributed by atoms with Crippen molar-refractivity contribution in [2.24, 2.45) is 0 Å². The molecule has 1 N–H and O–H groups in total. The molecule has 2 heterocycles. The molecule has 0 aliphatic heterocycles. The summed E-state index contributed by atoms with van der Waals surface area (Å²) in [5, 5.41) is 11.5. The highest BCUT2D eigenvalue weighted by Crippen LogP contribution is 2.29. The van der Waals surface area contributed by atoms with Crippen molar-refractivity contribution in [1.82, 2.24) is 15.2 Å². The molecule has 6 heteroatoms. The summed E-state index contributed by atoms with van der Waals surface area (Å²) in [7, 11) is 0. The Morgan fingerprint density at radius 2 is 1.95 bits per heavy atom. The van der Waals surface area contributed by atoms with Gasteiger partial charge in [-0.2, -0.15) is 0 Å². The first-order valence-electron chi connectivity index (χ1n) is 5.63. The summed E-state index contributed by atoms with van der Waals surface area (Å²) >= 11 is 1.42. The van der Waals surface area contributed by atoms with E-state index in [1.807, 2.05) is 42.5 Å². The molecule has 0 saturated heterocycles. The van der Waals surface area contributed by atoms with E-state index >= 15 is 0 Å². The van der Waals surface area contributed by atoms with Crippen LogP contribution in [0, 0.1) is 0 Å². The normalized spacial score (nSPS) is 10.1. The van der Waals surface area contributed by atoms with Crippen molar-refractivity contribution in [2.75, 3.05) is 5.32 Å². The molecule has 5 nitrogen and oxygen atoms in total. The third-order valence-electron chi connectivity index (χ3n) is 2.33. The molecular weight excluding hydrogens is 260 g/mol. The lowest BCUT2D eigenvalue weighted by Crippen LogP contribution is -1.96. The van der Waals surface area contributed by atoms with Gasteiger partial charge in [0.25, 0.3) is 0 Å². The molecule has 0 aliphatic carbocycles. The smallest absolute Gasteiger partial charge is 0.243 e. The van der Waals surface area contributed by atoms with Crippen LogP contribution < -0.4 is 10.1 Å². The van der Waals surface area contributed by atoms with Gasteiger partial charge in [0.2, 0.25) is 11.0 Å². The zero-order valence-electron chi connectivity index (χ0n) is 9.85. The lowest BCUT2D eigenvalue weighted by molar-refractivity contribution is 0.465. The predicted molar refractivity (Wildman–Crippen MR) is 73.9 cm³/mol. The number of benzene rings is 1. The first kappa shape index (κ1) is 11.6.